The van der Waals surface area contributed by atoms with Crippen molar-refractivity contribution in [2.75, 3.05) is 31.6 Å². The Balaban J connectivity index is 1.45. The molecule has 3 heterocycles. The summed E-state index contributed by atoms with van der Waals surface area (Å²) in [7, 11) is 0. The van der Waals surface area contributed by atoms with Gasteiger partial charge < -0.3 is 19.5 Å². The summed E-state index contributed by atoms with van der Waals surface area (Å²) in [6.45, 7) is 10.6. The molecule has 2 aromatic carbocycles. The van der Waals surface area contributed by atoms with Crippen molar-refractivity contribution in [2.45, 2.75) is 32.6 Å². The van der Waals surface area contributed by atoms with Crippen LogP contribution in [0.1, 0.15) is 39.9 Å². The highest BCUT2D eigenvalue weighted by atomic mass is 79.9. The van der Waals surface area contributed by atoms with Crippen molar-refractivity contribution in [2.24, 2.45) is 10.1 Å². The minimum absolute atomic E-state index is 0.0420. The zero-order valence-electron chi connectivity index (χ0n) is 23.6. The lowest BCUT2D eigenvalue weighted by molar-refractivity contribution is 0.0303. The number of pyridine rings is 1. The van der Waals surface area contributed by atoms with Gasteiger partial charge in [-0.1, -0.05) is 6.07 Å². The van der Waals surface area contributed by atoms with Gasteiger partial charge in [0.05, 0.1) is 29.1 Å². The third-order valence-corrected chi connectivity index (χ3v) is 8.33. The van der Waals surface area contributed by atoms with Gasteiger partial charge in [-0.2, -0.15) is 0 Å². The SMILES string of the molecule is C/C(=N\c1c(C)ncc(Br)c1Nc1cccc(SN)c1)c1cc(C)n(-c2ccc(C(=O)N3CCOCC3)cc2)c1C. The summed E-state index contributed by atoms with van der Waals surface area (Å²) in [5.74, 6) is 0.0420. The van der Waals surface area contributed by atoms with E-state index in [2.05, 4.69) is 50.7 Å². The third kappa shape index (κ3) is 6.25. The Kier molecular flexibility index (Phi) is 8.94. The number of aromatic nitrogens is 2. The molecule has 1 saturated heterocycles. The number of hydrogen-bond donors (Lipinski definition) is 2. The average Bonchev–Trinajstić information content (AvgIpc) is 3.30. The number of anilines is 2. The summed E-state index contributed by atoms with van der Waals surface area (Å²) in [5.41, 5.74) is 9.08. The van der Waals surface area contributed by atoms with Gasteiger partial charge in [-0.15, -0.1) is 0 Å². The first-order valence-electron chi connectivity index (χ1n) is 13.4. The number of carbonyl (C=O) groups excluding carboxylic acids is 1. The van der Waals surface area contributed by atoms with Crippen molar-refractivity contribution in [3.05, 3.63) is 93.5 Å². The lowest BCUT2D eigenvalue weighted by atomic mass is 10.1. The number of amides is 1. The quantitative estimate of drug-likeness (QED) is 0.170. The number of aliphatic imine (C=N–C) groups is 1. The predicted octanol–water partition coefficient (Wildman–Crippen LogP) is 6.88. The molecule has 8 nitrogen and oxygen atoms in total. The van der Waals surface area contributed by atoms with E-state index in [1.807, 2.05) is 67.3 Å². The van der Waals surface area contributed by atoms with Crippen LogP contribution in [0.25, 0.3) is 5.69 Å². The molecular formula is C31H33BrN6O2S. The molecule has 0 spiro atoms. The van der Waals surface area contributed by atoms with Crippen LogP contribution in [-0.2, 0) is 4.74 Å². The number of nitrogens with two attached hydrogens (primary N) is 1. The maximum atomic E-state index is 12.9. The molecule has 1 aliphatic rings. The van der Waals surface area contributed by atoms with Crippen molar-refractivity contribution in [1.82, 2.24) is 14.5 Å². The molecule has 2 aromatic heterocycles. The van der Waals surface area contributed by atoms with E-state index in [0.29, 0.717) is 31.9 Å². The molecule has 41 heavy (non-hydrogen) atoms. The molecule has 0 aliphatic carbocycles. The van der Waals surface area contributed by atoms with Crippen LogP contribution in [0.3, 0.4) is 0 Å². The van der Waals surface area contributed by atoms with Gasteiger partial charge in [0.15, 0.2) is 0 Å². The third-order valence-electron chi connectivity index (χ3n) is 7.20. The fraction of sp³-hybridized carbons (Fsp3) is 0.258. The second-order valence-corrected chi connectivity index (χ2v) is 11.5. The molecule has 0 atom stereocenters. The molecule has 1 amide bonds. The van der Waals surface area contributed by atoms with Crippen LogP contribution >= 0.6 is 27.9 Å². The highest BCUT2D eigenvalue weighted by Gasteiger charge is 2.20. The molecule has 4 aromatic rings. The first-order chi connectivity index (χ1) is 19.8. The second-order valence-electron chi connectivity index (χ2n) is 9.95. The van der Waals surface area contributed by atoms with Crippen molar-refractivity contribution in [3.63, 3.8) is 0 Å². The van der Waals surface area contributed by atoms with Crippen molar-refractivity contribution < 1.29 is 9.53 Å². The summed E-state index contributed by atoms with van der Waals surface area (Å²) >= 11 is 4.87. The first kappa shape index (κ1) is 29.1. The van der Waals surface area contributed by atoms with Crippen LogP contribution in [0.15, 0.2) is 75.2 Å². The first-order valence-corrected chi connectivity index (χ1v) is 15.0. The van der Waals surface area contributed by atoms with Gasteiger partial charge in [-0.3, -0.25) is 14.9 Å². The molecule has 212 valence electrons. The van der Waals surface area contributed by atoms with E-state index >= 15 is 0 Å². The summed E-state index contributed by atoms with van der Waals surface area (Å²) in [6, 6.07) is 17.9. The number of morpholine rings is 1. The number of hydrogen-bond acceptors (Lipinski definition) is 7. The van der Waals surface area contributed by atoms with Gasteiger partial charge in [0.2, 0.25) is 0 Å². The van der Waals surface area contributed by atoms with E-state index in [1.165, 1.54) is 11.9 Å². The Hall–Kier alpha value is -3.44. The summed E-state index contributed by atoms with van der Waals surface area (Å²) in [4.78, 5) is 25.3. The molecule has 1 aliphatic heterocycles. The Morgan fingerprint density at radius 2 is 1.83 bits per heavy atom. The Labute approximate surface area is 253 Å². The molecule has 3 N–H and O–H groups in total. The van der Waals surface area contributed by atoms with E-state index < -0.39 is 0 Å². The lowest BCUT2D eigenvalue weighted by Crippen LogP contribution is -2.40. The number of benzene rings is 2. The van der Waals surface area contributed by atoms with Crippen LogP contribution in [0, 0.1) is 20.8 Å². The maximum absolute atomic E-state index is 12.9. The minimum atomic E-state index is 0.0420. The number of ether oxygens (including phenoxy) is 1. The monoisotopic (exact) mass is 632 g/mol. The van der Waals surface area contributed by atoms with Crippen LogP contribution in [0.4, 0.5) is 17.1 Å². The summed E-state index contributed by atoms with van der Waals surface area (Å²) < 4.78 is 8.39. The Morgan fingerprint density at radius 1 is 1.10 bits per heavy atom. The van der Waals surface area contributed by atoms with Crippen molar-refractivity contribution in [3.8, 4) is 5.69 Å². The van der Waals surface area contributed by atoms with Gasteiger partial charge >= 0.3 is 0 Å². The average molecular weight is 634 g/mol. The van der Waals surface area contributed by atoms with E-state index in [1.54, 1.807) is 6.20 Å². The molecule has 10 heteroatoms. The van der Waals surface area contributed by atoms with Crippen LogP contribution < -0.4 is 10.5 Å². The molecule has 0 unspecified atom stereocenters. The number of nitrogens with zero attached hydrogens (tertiary/aromatic N) is 4. The topological polar surface area (TPSA) is 97.8 Å². The number of carbonyl (C=O) groups is 1. The standard InChI is InChI=1S/C31H33BrN6O2S/c1-19-16-27(22(4)38(19)25-10-8-23(9-11-25)31(39)37-12-14-40-15-13-37)20(2)35-29-21(3)34-18-28(32)30(29)36-24-6-5-7-26(17-24)41-33/h5-11,16-18H,12-15,33H2,1-4H3,(H,34,36)/b35-20+. The van der Waals surface area contributed by atoms with Gasteiger partial charge in [0, 0.05) is 63.8 Å². The van der Waals surface area contributed by atoms with Crippen LogP contribution in [0.5, 0.6) is 0 Å². The Bertz CT molecular complexity index is 1610. The van der Waals surface area contributed by atoms with E-state index in [4.69, 9.17) is 14.9 Å². The second kappa shape index (κ2) is 12.6. The van der Waals surface area contributed by atoms with Gasteiger partial charge in [0.1, 0.15) is 5.69 Å². The number of nitrogens with one attached hydrogen (secondary N) is 1. The number of rotatable bonds is 7. The summed E-state index contributed by atoms with van der Waals surface area (Å²) in [6.07, 6.45) is 1.78. The molecule has 0 radical (unpaired) electrons. The largest absolute Gasteiger partial charge is 0.378 e. The van der Waals surface area contributed by atoms with E-state index in [9.17, 15) is 4.79 Å². The molecule has 0 saturated carbocycles. The maximum Gasteiger partial charge on any atom is 0.254 e. The Morgan fingerprint density at radius 3 is 2.54 bits per heavy atom. The van der Waals surface area contributed by atoms with Gasteiger partial charge in [-0.05, 0) is 104 Å². The normalized spacial score (nSPS) is 13.9. The molecule has 5 rings (SSSR count). The number of aryl methyl sites for hydroxylation is 2. The fourth-order valence-electron chi connectivity index (χ4n) is 5.08. The zero-order valence-corrected chi connectivity index (χ0v) is 26.0. The van der Waals surface area contributed by atoms with Crippen molar-refractivity contribution in [1.29, 1.82) is 0 Å². The van der Waals surface area contributed by atoms with Crippen LogP contribution in [0.2, 0.25) is 0 Å². The highest BCUT2D eigenvalue weighted by molar-refractivity contribution is 9.10. The van der Waals surface area contributed by atoms with E-state index in [-0.39, 0.29) is 5.91 Å². The smallest absolute Gasteiger partial charge is 0.254 e. The van der Waals surface area contributed by atoms with Crippen LogP contribution in [-0.4, -0.2) is 52.4 Å². The molecular weight excluding hydrogens is 600 g/mol. The number of halogens is 1. The fourth-order valence-corrected chi connectivity index (χ4v) is 5.82. The van der Waals surface area contributed by atoms with Crippen molar-refractivity contribution >= 4 is 56.6 Å². The van der Waals surface area contributed by atoms with E-state index in [0.717, 1.165) is 60.5 Å². The zero-order chi connectivity index (χ0) is 29.1. The highest BCUT2D eigenvalue weighted by Crippen LogP contribution is 2.38. The minimum Gasteiger partial charge on any atom is -0.378 e. The summed E-state index contributed by atoms with van der Waals surface area (Å²) in [5, 5.41) is 9.28. The lowest BCUT2D eigenvalue weighted by Gasteiger charge is -2.27. The van der Waals surface area contributed by atoms with Gasteiger partial charge in [-0.25, -0.2) is 4.99 Å². The van der Waals surface area contributed by atoms with Gasteiger partial charge in [0.25, 0.3) is 5.91 Å². The predicted molar refractivity (Wildman–Crippen MR) is 170 cm³/mol. The molecule has 0 bridgehead atoms. The molecule has 1 fully saturated rings.